The largest absolute Gasteiger partial charge is 0.365 e. The monoisotopic (exact) mass is 348 g/mol. The first-order valence-electron chi connectivity index (χ1n) is 7.03. The van der Waals surface area contributed by atoms with Gasteiger partial charge in [0, 0.05) is 22.7 Å². The highest BCUT2D eigenvalue weighted by atomic mass is 35.5. The lowest BCUT2D eigenvalue weighted by molar-refractivity contribution is -0.0765. The number of aliphatic hydroxyl groups is 1. The molecule has 1 atom stereocenters. The van der Waals surface area contributed by atoms with E-state index in [9.17, 15) is 9.90 Å². The normalized spacial score (nSPS) is 20.5. The zero-order valence-electron chi connectivity index (χ0n) is 12.3. The molecule has 1 N–H and O–H groups in total. The van der Waals surface area contributed by atoms with Crippen molar-refractivity contribution in [2.45, 2.75) is 19.1 Å². The molecule has 0 saturated carbocycles. The Morgan fingerprint density at radius 3 is 2.48 bits per heavy atom. The number of halogens is 2. The van der Waals surface area contributed by atoms with Crippen molar-refractivity contribution in [3.8, 4) is 0 Å². The van der Waals surface area contributed by atoms with Crippen LogP contribution in [0.4, 0.5) is 0 Å². The van der Waals surface area contributed by atoms with Crippen molar-refractivity contribution >= 4 is 34.8 Å². The van der Waals surface area contributed by atoms with Crippen molar-refractivity contribution in [3.05, 3.63) is 69.7 Å². The van der Waals surface area contributed by atoms with E-state index in [-0.39, 0.29) is 6.42 Å². The minimum Gasteiger partial charge on any atom is -0.365 e. The zero-order valence-corrected chi connectivity index (χ0v) is 13.8. The van der Waals surface area contributed by atoms with E-state index in [1.807, 2.05) is 0 Å². The van der Waals surface area contributed by atoms with E-state index in [1.54, 1.807) is 55.5 Å². The molecule has 3 rings (SSSR count). The maximum absolute atomic E-state index is 12.8. The molecular weight excluding hydrogens is 335 g/mol. The summed E-state index contributed by atoms with van der Waals surface area (Å²) in [7, 11) is 0. The van der Waals surface area contributed by atoms with Crippen molar-refractivity contribution in [2.24, 2.45) is 5.10 Å². The third-order valence-electron chi connectivity index (χ3n) is 3.73. The second-order valence-electron chi connectivity index (χ2n) is 5.43. The number of benzene rings is 2. The summed E-state index contributed by atoms with van der Waals surface area (Å²) >= 11 is 12.0. The van der Waals surface area contributed by atoms with E-state index in [0.717, 1.165) is 5.01 Å². The van der Waals surface area contributed by atoms with Gasteiger partial charge in [-0.25, -0.2) is 0 Å². The van der Waals surface area contributed by atoms with Gasteiger partial charge in [-0.15, -0.1) is 0 Å². The van der Waals surface area contributed by atoms with Gasteiger partial charge in [-0.2, -0.15) is 10.1 Å². The number of carbonyl (C=O) groups is 1. The fourth-order valence-corrected chi connectivity index (χ4v) is 2.97. The molecule has 0 bridgehead atoms. The van der Waals surface area contributed by atoms with Gasteiger partial charge in [0.25, 0.3) is 5.91 Å². The summed E-state index contributed by atoms with van der Waals surface area (Å²) in [5, 5.41) is 17.3. The molecule has 2 aromatic carbocycles. The number of nitrogens with zero attached hydrogens (tertiary/aromatic N) is 2. The average molecular weight is 349 g/mol. The lowest BCUT2D eigenvalue weighted by atomic mass is 9.97. The molecule has 0 aromatic heterocycles. The van der Waals surface area contributed by atoms with E-state index >= 15 is 0 Å². The minimum atomic E-state index is -1.55. The summed E-state index contributed by atoms with van der Waals surface area (Å²) in [5.74, 6) is -0.454. The maximum Gasteiger partial charge on any atom is 0.278 e. The summed E-state index contributed by atoms with van der Waals surface area (Å²) in [6.07, 6.45) is 0.227. The Morgan fingerprint density at radius 2 is 1.83 bits per heavy atom. The molecule has 0 radical (unpaired) electrons. The molecule has 118 valence electrons. The van der Waals surface area contributed by atoms with Crippen LogP contribution in [0.2, 0.25) is 10.0 Å². The molecular formula is C17H14Cl2N2O2. The van der Waals surface area contributed by atoms with E-state index < -0.39 is 11.6 Å². The van der Waals surface area contributed by atoms with Gasteiger partial charge in [0.15, 0.2) is 5.72 Å². The molecule has 1 aliphatic heterocycles. The van der Waals surface area contributed by atoms with Crippen LogP contribution in [0.1, 0.15) is 29.3 Å². The number of hydrazone groups is 1. The first kappa shape index (κ1) is 16.0. The van der Waals surface area contributed by atoms with E-state index in [1.165, 1.54) is 0 Å². The SMILES string of the molecule is CC1=NN(C(=O)c2ccccc2Cl)[C@@](O)(c2ccc(Cl)cc2)C1. The number of rotatable bonds is 2. The van der Waals surface area contributed by atoms with Gasteiger partial charge in [0.2, 0.25) is 0 Å². The van der Waals surface area contributed by atoms with Crippen molar-refractivity contribution in [2.75, 3.05) is 0 Å². The Labute approximate surface area is 143 Å². The van der Waals surface area contributed by atoms with Crippen LogP contribution >= 0.6 is 23.2 Å². The van der Waals surface area contributed by atoms with Gasteiger partial charge in [-0.05, 0) is 31.2 Å². The number of hydrogen-bond acceptors (Lipinski definition) is 3. The molecule has 4 nitrogen and oxygen atoms in total. The summed E-state index contributed by atoms with van der Waals surface area (Å²) in [4.78, 5) is 12.8. The maximum atomic E-state index is 12.8. The highest BCUT2D eigenvalue weighted by Crippen LogP contribution is 2.37. The van der Waals surface area contributed by atoms with Gasteiger partial charge in [0.1, 0.15) is 0 Å². The van der Waals surface area contributed by atoms with Crippen molar-refractivity contribution in [1.29, 1.82) is 0 Å². The Morgan fingerprint density at radius 1 is 1.17 bits per heavy atom. The molecule has 0 aliphatic carbocycles. The third-order valence-corrected chi connectivity index (χ3v) is 4.31. The van der Waals surface area contributed by atoms with E-state index in [4.69, 9.17) is 23.2 Å². The molecule has 0 fully saturated rings. The van der Waals surface area contributed by atoms with Crippen LogP contribution < -0.4 is 0 Å². The van der Waals surface area contributed by atoms with Gasteiger partial charge < -0.3 is 5.11 Å². The Balaban J connectivity index is 2.03. The van der Waals surface area contributed by atoms with Crippen LogP contribution in [0.5, 0.6) is 0 Å². The first-order chi connectivity index (χ1) is 10.9. The van der Waals surface area contributed by atoms with Crippen LogP contribution in [0.3, 0.4) is 0 Å². The van der Waals surface area contributed by atoms with Crippen LogP contribution in [0.15, 0.2) is 53.6 Å². The predicted molar refractivity (Wildman–Crippen MR) is 90.7 cm³/mol. The Kier molecular flexibility index (Phi) is 4.15. The van der Waals surface area contributed by atoms with Gasteiger partial charge in [-0.1, -0.05) is 47.5 Å². The average Bonchev–Trinajstić information content (AvgIpc) is 2.83. The van der Waals surface area contributed by atoms with Crippen LogP contribution in [0.25, 0.3) is 0 Å². The van der Waals surface area contributed by atoms with Gasteiger partial charge in [-0.3, -0.25) is 4.79 Å². The summed E-state index contributed by atoms with van der Waals surface area (Å²) in [6, 6.07) is 13.4. The van der Waals surface area contributed by atoms with Gasteiger partial charge in [0.05, 0.1) is 10.6 Å². The highest BCUT2D eigenvalue weighted by Gasteiger charge is 2.45. The lowest BCUT2D eigenvalue weighted by Gasteiger charge is -2.31. The quantitative estimate of drug-likeness (QED) is 0.889. The third kappa shape index (κ3) is 2.85. The fraction of sp³-hybridized carbons (Fsp3) is 0.176. The number of amides is 1. The zero-order chi connectivity index (χ0) is 16.6. The smallest absolute Gasteiger partial charge is 0.278 e. The molecule has 0 saturated heterocycles. The van der Waals surface area contributed by atoms with Crippen LogP contribution in [-0.4, -0.2) is 21.7 Å². The first-order valence-corrected chi connectivity index (χ1v) is 7.79. The predicted octanol–water partition coefficient (Wildman–Crippen LogP) is 4.06. The molecule has 1 heterocycles. The fourth-order valence-electron chi connectivity index (χ4n) is 2.62. The molecule has 2 aromatic rings. The summed E-state index contributed by atoms with van der Waals surface area (Å²) < 4.78 is 0. The summed E-state index contributed by atoms with van der Waals surface area (Å²) in [6.45, 7) is 1.76. The van der Waals surface area contributed by atoms with Crippen molar-refractivity contribution < 1.29 is 9.90 Å². The van der Waals surface area contributed by atoms with E-state index in [2.05, 4.69) is 5.10 Å². The lowest BCUT2D eigenvalue weighted by Crippen LogP contribution is -2.43. The van der Waals surface area contributed by atoms with Crippen LogP contribution in [-0.2, 0) is 5.72 Å². The molecule has 1 amide bonds. The number of hydrogen-bond donors (Lipinski definition) is 1. The van der Waals surface area contributed by atoms with Crippen molar-refractivity contribution in [1.82, 2.24) is 5.01 Å². The standard InChI is InChI=1S/C17H14Cl2N2O2/c1-11-10-17(23,12-6-8-13(18)9-7-12)21(20-11)16(22)14-4-2-3-5-15(14)19/h2-9,23H,10H2,1H3/t17-/m0/s1. The second-order valence-corrected chi connectivity index (χ2v) is 6.28. The molecule has 6 heteroatoms. The Bertz CT molecular complexity index is 789. The molecule has 0 spiro atoms. The Hall–Kier alpha value is -1.88. The molecule has 1 aliphatic rings. The number of carbonyl (C=O) groups excluding carboxylic acids is 1. The summed E-state index contributed by atoms with van der Waals surface area (Å²) in [5.41, 5.74) is -0.0592. The van der Waals surface area contributed by atoms with Crippen molar-refractivity contribution in [3.63, 3.8) is 0 Å². The minimum absolute atomic E-state index is 0.227. The van der Waals surface area contributed by atoms with Gasteiger partial charge >= 0.3 is 0 Å². The second kappa shape index (κ2) is 5.96. The molecule has 0 unspecified atom stereocenters. The van der Waals surface area contributed by atoms with E-state index in [0.29, 0.717) is 26.9 Å². The highest BCUT2D eigenvalue weighted by molar-refractivity contribution is 6.33. The molecule has 23 heavy (non-hydrogen) atoms. The van der Waals surface area contributed by atoms with Crippen LogP contribution in [0, 0.1) is 0 Å². The topological polar surface area (TPSA) is 52.9 Å².